The summed E-state index contributed by atoms with van der Waals surface area (Å²) < 4.78 is 0. The van der Waals surface area contributed by atoms with Crippen LogP contribution in [0.5, 0.6) is 0 Å². The van der Waals surface area contributed by atoms with E-state index in [0.29, 0.717) is 0 Å². The van der Waals surface area contributed by atoms with E-state index < -0.39 is 0 Å². The van der Waals surface area contributed by atoms with E-state index in [1.807, 2.05) is 36.8 Å². The predicted octanol–water partition coefficient (Wildman–Crippen LogP) is 12.9. The van der Waals surface area contributed by atoms with Crippen LogP contribution in [-0.4, -0.2) is 15.0 Å². The van der Waals surface area contributed by atoms with Gasteiger partial charge in [-0.1, -0.05) is 103 Å². The summed E-state index contributed by atoms with van der Waals surface area (Å²) in [7, 11) is 0. The number of nitrogens with zero attached hydrogens (tertiary/aromatic N) is 3. The Bertz CT molecular complexity index is 3080. The molecule has 3 aromatic heterocycles. The van der Waals surface area contributed by atoms with Gasteiger partial charge in [-0.2, -0.15) is 0 Å². The molecule has 0 unspecified atom stereocenters. The maximum atomic E-state index is 4.69. The first kappa shape index (κ1) is 28.8. The van der Waals surface area contributed by atoms with Crippen molar-refractivity contribution in [3.8, 4) is 44.5 Å². The molecule has 0 saturated heterocycles. The summed E-state index contributed by atoms with van der Waals surface area (Å²) in [5, 5.41) is 11.0. The first-order valence-electron chi connectivity index (χ1n) is 17.7. The third-order valence-corrected chi connectivity index (χ3v) is 10.8. The van der Waals surface area contributed by atoms with E-state index in [2.05, 4.69) is 145 Å². The lowest BCUT2D eigenvalue weighted by molar-refractivity contribution is 1.41. The Morgan fingerprint density at radius 2 is 0.635 bits per heavy atom. The lowest BCUT2D eigenvalue weighted by Crippen LogP contribution is -1.92. The van der Waals surface area contributed by atoms with Crippen LogP contribution < -0.4 is 0 Å². The number of rotatable bonds is 4. The van der Waals surface area contributed by atoms with Gasteiger partial charge in [0, 0.05) is 34.7 Å². The Morgan fingerprint density at radius 1 is 0.269 bits per heavy atom. The van der Waals surface area contributed by atoms with Gasteiger partial charge in [-0.15, -0.1) is 0 Å². The molecule has 52 heavy (non-hydrogen) atoms. The van der Waals surface area contributed by atoms with E-state index in [9.17, 15) is 0 Å². The molecule has 0 aliphatic carbocycles. The topological polar surface area (TPSA) is 38.7 Å². The van der Waals surface area contributed by atoms with Crippen molar-refractivity contribution >= 4 is 65.0 Å². The Hall–Kier alpha value is -6.97. The molecule has 8 aromatic carbocycles. The molecule has 0 amide bonds. The number of hydrogen-bond acceptors (Lipinski definition) is 3. The van der Waals surface area contributed by atoms with Gasteiger partial charge in [0.05, 0.1) is 16.6 Å². The summed E-state index contributed by atoms with van der Waals surface area (Å²) in [6.45, 7) is 0. The van der Waals surface area contributed by atoms with Gasteiger partial charge in [-0.25, -0.2) is 0 Å². The number of hydrogen-bond donors (Lipinski definition) is 0. The van der Waals surface area contributed by atoms with E-state index in [1.165, 1.54) is 65.7 Å². The minimum atomic E-state index is 0.988. The van der Waals surface area contributed by atoms with Gasteiger partial charge in [0.15, 0.2) is 0 Å². The van der Waals surface area contributed by atoms with E-state index in [4.69, 9.17) is 9.97 Å². The Balaban J connectivity index is 1.20. The molecule has 3 nitrogen and oxygen atoms in total. The van der Waals surface area contributed by atoms with Gasteiger partial charge in [0.25, 0.3) is 0 Å². The van der Waals surface area contributed by atoms with Crippen LogP contribution in [0.1, 0.15) is 0 Å². The van der Waals surface area contributed by atoms with Crippen molar-refractivity contribution in [2.45, 2.75) is 0 Å². The molecule has 0 saturated carbocycles. The third-order valence-electron chi connectivity index (χ3n) is 10.8. The van der Waals surface area contributed by atoms with Crippen LogP contribution in [0.3, 0.4) is 0 Å². The zero-order chi connectivity index (χ0) is 34.2. The molecule has 0 aliphatic heterocycles. The van der Waals surface area contributed by atoms with Crippen molar-refractivity contribution in [3.63, 3.8) is 0 Å². The van der Waals surface area contributed by atoms with Gasteiger partial charge in [0.2, 0.25) is 0 Å². The Morgan fingerprint density at radius 3 is 1.13 bits per heavy atom. The fourth-order valence-electron chi connectivity index (χ4n) is 8.43. The summed E-state index contributed by atoms with van der Waals surface area (Å²) in [6, 6.07) is 57.2. The average Bonchev–Trinajstić information content (AvgIpc) is 3.22. The fraction of sp³-hybridized carbons (Fsp3) is 0. The zero-order valence-corrected chi connectivity index (χ0v) is 28.1. The molecule has 0 atom stereocenters. The zero-order valence-electron chi connectivity index (χ0n) is 28.1. The Kier molecular flexibility index (Phi) is 6.25. The summed E-state index contributed by atoms with van der Waals surface area (Å²) in [5.41, 5.74) is 12.4. The molecule has 0 fully saturated rings. The van der Waals surface area contributed by atoms with Crippen LogP contribution in [0.25, 0.3) is 110 Å². The molecule has 11 aromatic rings. The number of aromatic nitrogens is 3. The van der Waals surface area contributed by atoms with Crippen molar-refractivity contribution in [1.82, 2.24) is 15.0 Å². The normalized spacial score (nSPS) is 11.8. The quantitative estimate of drug-likeness (QED) is 0.177. The van der Waals surface area contributed by atoms with Crippen LogP contribution in [0.15, 0.2) is 176 Å². The van der Waals surface area contributed by atoms with E-state index in [1.54, 1.807) is 0 Å². The second-order valence-electron chi connectivity index (χ2n) is 13.6. The molecule has 0 spiro atoms. The van der Waals surface area contributed by atoms with Gasteiger partial charge < -0.3 is 0 Å². The standard InChI is InChI=1S/C49H29N3/c1-7-35(40-10-4-24-50-45(40)13-1)32-27-33(36-8-2-14-46-41(36)11-5-25-51-46)29-34(28-32)37-20-18-30-16-17-31-19-21-39(44-23-22-43(37)48(30)49(31)44)38-9-3-15-47-42(38)12-6-26-52-47/h1-29H. The van der Waals surface area contributed by atoms with Crippen molar-refractivity contribution < 1.29 is 0 Å². The highest BCUT2D eigenvalue weighted by molar-refractivity contribution is 6.28. The van der Waals surface area contributed by atoms with E-state index >= 15 is 0 Å². The van der Waals surface area contributed by atoms with Crippen LogP contribution in [0, 0.1) is 0 Å². The van der Waals surface area contributed by atoms with Crippen LogP contribution in [-0.2, 0) is 0 Å². The average molecular weight is 660 g/mol. The van der Waals surface area contributed by atoms with E-state index in [0.717, 1.165) is 43.8 Å². The minimum Gasteiger partial charge on any atom is -0.256 e. The third kappa shape index (κ3) is 4.36. The van der Waals surface area contributed by atoms with Gasteiger partial charge in [0.1, 0.15) is 0 Å². The number of pyridine rings is 3. The lowest BCUT2D eigenvalue weighted by Gasteiger charge is -2.18. The summed E-state index contributed by atoms with van der Waals surface area (Å²) >= 11 is 0. The number of benzene rings is 8. The minimum absolute atomic E-state index is 0.988. The van der Waals surface area contributed by atoms with Gasteiger partial charge in [-0.3, -0.25) is 15.0 Å². The summed E-state index contributed by atoms with van der Waals surface area (Å²) in [5.74, 6) is 0. The smallest absolute Gasteiger partial charge is 0.0708 e. The summed E-state index contributed by atoms with van der Waals surface area (Å²) in [6.07, 6.45) is 5.60. The van der Waals surface area contributed by atoms with Crippen molar-refractivity contribution in [2.75, 3.05) is 0 Å². The Labute approximate surface area is 299 Å². The maximum absolute atomic E-state index is 4.69. The highest BCUT2D eigenvalue weighted by Gasteiger charge is 2.18. The molecule has 3 heterocycles. The predicted molar refractivity (Wildman–Crippen MR) is 218 cm³/mol. The van der Waals surface area contributed by atoms with Gasteiger partial charge in [-0.05, 0) is 131 Å². The molecule has 0 N–H and O–H groups in total. The first-order valence-corrected chi connectivity index (χ1v) is 17.7. The fourth-order valence-corrected chi connectivity index (χ4v) is 8.43. The highest BCUT2D eigenvalue weighted by Crippen LogP contribution is 2.45. The van der Waals surface area contributed by atoms with Crippen LogP contribution >= 0.6 is 0 Å². The highest BCUT2D eigenvalue weighted by atomic mass is 14.7. The number of fused-ring (bicyclic) bond motifs is 3. The molecule has 0 radical (unpaired) electrons. The SMILES string of the molecule is c1cc(-c2cc(-c3cccc4ncccc34)cc(-c3ccc4ccc5ccc(-c6cccc7ncccc67)c6ccc3c4c56)c2)c2cccnc2c1. The molecular weight excluding hydrogens is 631 g/mol. The van der Waals surface area contributed by atoms with Crippen molar-refractivity contribution in [2.24, 2.45) is 0 Å². The molecule has 0 aliphatic rings. The first-order chi connectivity index (χ1) is 25.8. The van der Waals surface area contributed by atoms with Crippen molar-refractivity contribution in [1.29, 1.82) is 0 Å². The second-order valence-corrected chi connectivity index (χ2v) is 13.6. The molecule has 0 bridgehead atoms. The lowest BCUT2D eigenvalue weighted by atomic mass is 9.85. The van der Waals surface area contributed by atoms with Crippen LogP contribution in [0.2, 0.25) is 0 Å². The largest absolute Gasteiger partial charge is 0.256 e. The van der Waals surface area contributed by atoms with Gasteiger partial charge >= 0.3 is 0 Å². The monoisotopic (exact) mass is 659 g/mol. The maximum Gasteiger partial charge on any atom is 0.0708 e. The molecular formula is C49H29N3. The van der Waals surface area contributed by atoms with Crippen molar-refractivity contribution in [3.05, 3.63) is 176 Å². The molecule has 240 valence electrons. The molecule has 3 heteroatoms. The van der Waals surface area contributed by atoms with E-state index in [-0.39, 0.29) is 0 Å². The van der Waals surface area contributed by atoms with Crippen LogP contribution in [0.4, 0.5) is 0 Å². The summed E-state index contributed by atoms with van der Waals surface area (Å²) in [4.78, 5) is 14.0. The molecule has 11 rings (SSSR count). The second kappa shape index (κ2) is 11.3.